The van der Waals surface area contributed by atoms with Crippen molar-refractivity contribution in [3.8, 4) is 17.2 Å². The Balaban J connectivity index is 2.10. The summed E-state index contributed by atoms with van der Waals surface area (Å²) < 4.78 is 1.12. The predicted molar refractivity (Wildman–Crippen MR) is 85.1 cm³/mol. The molecule has 0 saturated carbocycles. The number of nitrogens with zero attached hydrogens (tertiary/aromatic N) is 3. The van der Waals surface area contributed by atoms with Gasteiger partial charge in [-0.15, -0.1) is 11.3 Å². The molecule has 0 aliphatic heterocycles. The van der Waals surface area contributed by atoms with Crippen LogP contribution in [0.3, 0.4) is 0 Å². The lowest BCUT2D eigenvalue weighted by Gasteiger charge is -2.07. The Morgan fingerprint density at radius 1 is 1.05 bits per heavy atom. The van der Waals surface area contributed by atoms with Crippen molar-refractivity contribution in [3.05, 3.63) is 59.9 Å². The van der Waals surface area contributed by atoms with E-state index in [2.05, 4.69) is 22.1 Å². The molecule has 4 aromatic rings. The lowest BCUT2D eigenvalue weighted by Crippen LogP contribution is -1.91. The van der Waals surface area contributed by atoms with Crippen LogP contribution in [0.4, 0.5) is 0 Å². The maximum Gasteiger partial charge on any atom is 0.149 e. The van der Waals surface area contributed by atoms with Gasteiger partial charge in [0.2, 0.25) is 0 Å². The van der Waals surface area contributed by atoms with Gasteiger partial charge in [-0.3, -0.25) is 4.98 Å². The van der Waals surface area contributed by atoms with Gasteiger partial charge in [-0.1, -0.05) is 18.2 Å². The third-order valence-corrected chi connectivity index (χ3v) is 4.35. The number of benzene rings is 1. The van der Waals surface area contributed by atoms with Gasteiger partial charge in [-0.25, -0.2) is 4.98 Å². The SMILES string of the molecule is N#Cc1nc2ccccc2cc1-c1cncc2sccc12. The van der Waals surface area contributed by atoms with Gasteiger partial charge in [0.15, 0.2) is 0 Å². The zero-order chi connectivity index (χ0) is 14.2. The van der Waals surface area contributed by atoms with Crippen molar-refractivity contribution in [2.75, 3.05) is 0 Å². The summed E-state index contributed by atoms with van der Waals surface area (Å²) in [4.78, 5) is 8.77. The minimum atomic E-state index is 0.439. The summed E-state index contributed by atoms with van der Waals surface area (Å²) in [6.45, 7) is 0. The molecule has 0 saturated heterocycles. The first-order valence-corrected chi connectivity index (χ1v) is 7.36. The van der Waals surface area contributed by atoms with Crippen molar-refractivity contribution in [1.82, 2.24) is 9.97 Å². The van der Waals surface area contributed by atoms with Crippen molar-refractivity contribution in [1.29, 1.82) is 5.26 Å². The monoisotopic (exact) mass is 287 g/mol. The Hall–Kier alpha value is -2.77. The van der Waals surface area contributed by atoms with Gasteiger partial charge in [0.1, 0.15) is 11.8 Å². The molecule has 3 heterocycles. The molecule has 98 valence electrons. The fourth-order valence-corrected chi connectivity index (χ4v) is 3.29. The molecule has 3 aromatic heterocycles. The highest BCUT2D eigenvalue weighted by Crippen LogP contribution is 2.33. The zero-order valence-electron chi connectivity index (χ0n) is 10.9. The van der Waals surface area contributed by atoms with E-state index < -0.39 is 0 Å². The van der Waals surface area contributed by atoms with E-state index in [1.807, 2.05) is 48.1 Å². The number of hydrogen-bond acceptors (Lipinski definition) is 4. The van der Waals surface area contributed by atoms with Gasteiger partial charge in [-0.05, 0) is 23.6 Å². The van der Waals surface area contributed by atoms with Crippen molar-refractivity contribution < 1.29 is 0 Å². The largest absolute Gasteiger partial charge is 0.263 e. The number of aromatic nitrogens is 2. The molecule has 0 aliphatic rings. The molecular formula is C17H9N3S. The normalized spacial score (nSPS) is 10.8. The van der Waals surface area contributed by atoms with Gasteiger partial charge < -0.3 is 0 Å². The Kier molecular flexibility index (Phi) is 2.66. The van der Waals surface area contributed by atoms with Crippen LogP contribution >= 0.6 is 11.3 Å². The second-order valence-electron chi connectivity index (χ2n) is 4.71. The molecule has 21 heavy (non-hydrogen) atoms. The number of pyridine rings is 2. The number of nitriles is 1. The lowest BCUT2D eigenvalue weighted by molar-refractivity contribution is 1.31. The smallest absolute Gasteiger partial charge is 0.149 e. The fraction of sp³-hybridized carbons (Fsp3) is 0. The average Bonchev–Trinajstić information content (AvgIpc) is 3.02. The second kappa shape index (κ2) is 4.65. The zero-order valence-corrected chi connectivity index (χ0v) is 11.8. The molecule has 0 atom stereocenters. The molecule has 0 radical (unpaired) electrons. The maximum atomic E-state index is 9.43. The number of hydrogen-bond donors (Lipinski definition) is 0. The summed E-state index contributed by atoms with van der Waals surface area (Å²) in [5.41, 5.74) is 3.08. The molecule has 1 aromatic carbocycles. The van der Waals surface area contributed by atoms with Crippen LogP contribution in [0.1, 0.15) is 5.69 Å². The number of para-hydroxylation sites is 1. The highest BCUT2D eigenvalue weighted by molar-refractivity contribution is 7.17. The van der Waals surface area contributed by atoms with Crippen LogP contribution in [-0.2, 0) is 0 Å². The van der Waals surface area contributed by atoms with E-state index in [1.165, 1.54) is 0 Å². The third kappa shape index (κ3) is 1.87. The first kappa shape index (κ1) is 12.0. The molecule has 0 unspecified atom stereocenters. The Morgan fingerprint density at radius 2 is 1.95 bits per heavy atom. The maximum absolute atomic E-state index is 9.43. The molecule has 0 bridgehead atoms. The van der Waals surface area contributed by atoms with Crippen LogP contribution in [0.25, 0.3) is 32.1 Å². The first-order valence-electron chi connectivity index (χ1n) is 6.48. The minimum Gasteiger partial charge on any atom is -0.263 e. The fourth-order valence-electron chi connectivity index (χ4n) is 2.51. The van der Waals surface area contributed by atoms with Crippen LogP contribution in [0.2, 0.25) is 0 Å². The molecule has 0 aliphatic carbocycles. The Bertz CT molecular complexity index is 1010. The third-order valence-electron chi connectivity index (χ3n) is 3.50. The van der Waals surface area contributed by atoms with Crippen LogP contribution in [0, 0.1) is 11.3 Å². The predicted octanol–water partition coefficient (Wildman–Crippen LogP) is 4.38. The van der Waals surface area contributed by atoms with Gasteiger partial charge in [-0.2, -0.15) is 5.26 Å². The van der Waals surface area contributed by atoms with Gasteiger partial charge in [0.25, 0.3) is 0 Å². The first-order chi connectivity index (χ1) is 10.4. The van der Waals surface area contributed by atoms with Gasteiger partial charge >= 0.3 is 0 Å². The van der Waals surface area contributed by atoms with E-state index in [4.69, 9.17) is 0 Å². The van der Waals surface area contributed by atoms with Crippen LogP contribution in [0.5, 0.6) is 0 Å². The van der Waals surface area contributed by atoms with E-state index >= 15 is 0 Å². The topological polar surface area (TPSA) is 49.6 Å². The Labute approximate surface area is 125 Å². The van der Waals surface area contributed by atoms with Crippen molar-refractivity contribution in [2.24, 2.45) is 0 Å². The van der Waals surface area contributed by atoms with Crippen LogP contribution < -0.4 is 0 Å². The Morgan fingerprint density at radius 3 is 2.86 bits per heavy atom. The quantitative estimate of drug-likeness (QED) is 0.522. The minimum absolute atomic E-state index is 0.439. The summed E-state index contributed by atoms with van der Waals surface area (Å²) in [5.74, 6) is 0. The van der Waals surface area contributed by atoms with Crippen molar-refractivity contribution in [3.63, 3.8) is 0 Å². The second-order valence-corrected chi connectivity index (χ2v) is 5.66. The summed E-state index contributed by atoms with van der Waals surface area (Å²) in [6, 6.07) is 14.1. The molecule has 0 fully saturated rings. The van der Waals surface area contributed by atoms with Gasteiger partial charge in [0, 0.05) is 34.3 Å². The molecule has 0 amide bonds. The van der Waals surface area contributed by atoms with E-state index in [0.717, 1.165) is 32.1 Å². The van der Waals surface area contributed by atoms with E-state index in [1.54, 1.807) is 11.3 Å². The molecular weight excluding hydrogens is 278 g/mol. The molecule has 0 N–H and O–H groups in total. The molecule has 4 heteroatoms. The van der Waals surface area contributed by atoms with Crippen LogP contribution in [0.15, 0.2) is 54.2 Å². The summed E-state index contributed by atoms with van der Waals surface area (Å²) in [6.07, 6.45) is 3.66. The summed E-state index contributed by atoms with van der Waals surface area (Å²) in [5, 5.41) is 13.6. The van der Waals surface area contributed by atoms with Crippen molar-refractivity contribution >= 4 is 32.3 Å². The van der Waals surface area contributed by atoms with Crippen molar-refractivity contribution in [2.45, 2.75) is 0 Å². The average molecular weight is 287 g/mol. The lowest BCUT2D eigenvalue weighted by atomic mass is 10.0. The summed E-state index contributed by atoms with van der Waals surface area (Å²) >= 11 is 1.65. The number of thiophene rings is 1. The molecule has 0 spiro atoms. The number of rotatable bonds is 1. The highest BCUT2D eigenvalue weighted by atomic mass is 32.1. The van der Waals surface area contributed by atoms with E-state index in [-0.39, 0.29) is 0 Å². The molecule has 4 rings (SSSR count). The van der Waals surface area contributed by atoms with Crippen LogP contribution in [-0.4, -0.2) is 9.97 Å². The van der Waals surface area contributed by atoms with E-state index in [0.29, 0.717) is 5.69 Å². The molecule has 3 nitrogen and oxygen atoms in total. The van der Waals surface area contributed by atoms with E-state index in [9.17, 15) is 5.26 Å². The van der Waals surface area contributed by atoms with Gasteiger partial charge in [0.05, 0.1) is 10.2 Å². The highest BCUT2D eigenvalue weighted by Gasteiger charge is 2.12. The summed E-state index contributed by atoms with van der Waals surface area (Å²) in [7, 11) is 0. The number of fused-ring (bicyclic) bond motifs is 2. The standard InChI is InChI=1S/C17H9N3S/c18-8-16-13(7-11-3-1-2-4-15(11)20-16)14-9-19-10-17-12(14)5-6-21-17/h1-7,9-10H.